The molecule has 174 valence electrons. The number of piperidine rings is 1. The fraction of sp³-hybridized carbons (Fsp3) is 0.409. The number of benzene rings is 1. The number of carboxylic acid groups (broad SMARTS) is 1. The van der Waals surface area contributed by atoms with Gasteiger partial charge in [0.05, 0.1) is 12.1 Å². The van der Waals surface area contributed by atoms with Crippen LogP contribution in [0.25, 0.3) is 10.9 Å². The predicted molar refractivity (Wildman–Crippen MR) is 120 cm³/mol. The third kappa shape index (κ3) is 3.56. The molecule has 3 aromatic rings. The maximum atomic E-state index is 13.4. The van der Waals surface area contributed by atoms with Crippen LogP contribution in [0.2, 0.25) is 0 Å². The van der Waals surface area contributed by atoms with Crippen LogP contribution >= 0.6 is 0 Å². The highest BCUT2D eigenvalue weighted by Gasteiger charge is 2.32. The molecule has 10 nitrogen and oxygen atoms in total. The maximum Gasteiger partial charge on any atom is 0.407 e. The highest BCUT2D eigenvalue weighted by Crippen LogP contribution is 2.34. The van der Waals surface area contributed by atoms with Crippen LogP contribution in [0.5, 0.6) is 0 Å². The van der Waals surface area contributed by atoms with Crippen LogP contribution in [0.15, 0.2) is 36.9 Å². The first-order valence-electron chi connectivity index (χ1n) is 10.9. The molecule has 0 unspecified atom stereocenters. The number of amides is 2. The Hall–Kier alpha value is -3.34. The van der Waals surface area contributed by atoms with Gasteiger partial charge in [-0.3, -0.25) is 4.79 Å². The number of carbonyl (C=O) groups excluding carboxylic acids is 1. The minimum absolute atomic E-state index is 0.0620. The van der Waals surface area contributed by atoms with Crippen molar-refractivity contribution >= 4 is 33.1 Å². The highest BCUT2D eigenvalue weighted by atomic mass is 32.2. The fourth-order valence-corrected chi connectivity index (χ4v) is 6.21. The molecule has 33 heavy (non-hydrogen) atoms. The van der Waals surface area contributed by atoms with Crippen LogP contribution in [0.4, 0.5) is 4.79 Å². The van der Waals surface area contributed by atoms with Gasteiger partial charge in [0.1, 0.15) is 6.33 Å². The van der Waals surface area contributed by atoms with E-state index in [9.17, 15) is 23.1 Å². The Balaban J connectivity index is 1.65. The van der Waals surface area contributed by atoms with Gasteiger partial charge in [-0.15, -0.1) is 0 Å². The Bertz CT molecular complexity index is 1340. The standard InChI is InChI=1S/C22H25N5O5S/c1-15-4-8-24(9-5-15)21(28)16-2-3-19-17(12-16)18-13-25(22(29)30)10-6-20(18)27(19)33(31,32)26-11-7-23-14-26/h2-3,7,11-12,14-15H,4-6,8-10,13H2,1H3,(H,29,30). The number of nitrogens with zero attached hydrogens (tertiary/aromatic N) is 5. The maximum absolute atomic E-state index is 13.4. The topological polar surface area (TPSA) is 118 Å². The van der Waals surface area contributed by atoms with E-state index in [0.717, 1.165) is 16.8 Å². The van der Waals surface area contributed by atoms with Crippen molar-refractivity contribution in [3.05, 3.63) is 53.7 Å². The molecule has 2 amide bonds. The molecule has 1 N–H and O–H groups in total. The van der Waals surface area contributed by atoms with Crippen LogP contribution in [-0.2, 0) is 23.2 Å². The molecule has 0 atom stereocenters. The SMILES string of the molecule is CC1CCN(C(=O)c2ccc3c(c2)c2c(n3S(=O)(=O)n3ccnc3)CCN(C(=O)O)C2)CC1. The Morgan fingerprint density at radius 2 is 1.88 bits per heavy atom. The van der Waals surface area contributed by atoms with Crippen LogP contribution < -0.4 is 0 Å². The van der Waals surface area contributed by atoms with Gasteiger partial charge in [-0.1, -0.05) is 6.92 Å². The third-order valence-corrected chi connectivity index (χ3v) is 8.29. The number of likely N-dealkylation sites (tertiary alicyclic amines) is 1. The normalized spacial score (nSPS) is 17.4. The van der Waals surface area contributed by atoms with Gasteiger partial charge in [0.15, 0.2) is 0 Å². The van der Waals surface area contributed by atoms with Crippen molar-refractivity contribution in [3.63, 3.8) is 0 Å². The lowest BCUT2D eigenvalue weighted by atomic mass is 9.98. The zero-order valence-corrected chi connectivity index (χ0v) is 19.0. The van der Waals surface area contributed by atoms with Crippen molar-refractivity contribution in [1.82, 2.24) is 22.7 Å². The second-order valence-corrected chi connectivity index (χ2v) is 10.4. The van der Waals surface area contributed by atoms with Crippen molar-refractivity contribution in [2.24, 2.45) is 5.92 Å². The smallest absolute Gasteiger partial charge is 0.407 e. The lowest BCUT2D eigenvalue weighted by molar-refractivity contribution is 0.0697. The molecule has 1 saturated heterocycles. The Morgan fingerprint density at radius 1 is 1.12 bits per heavy atom. The van der Waals surface area contributed by atoms with E-state index in [1.165, 1.54) is 27.6 Å². The van der Waals surface area contributed by atoms with Gasteiger partial charge >= 0.3 is 16.3 Å². The minimum Gasteiger partial charge on any atom is -0.465 e. The first-order chi connectivity index (χ1) is 15.8. The van der Waals surface area contributed by atoms with Gasteiger partial charge in [-0.25, -0.2) is 17.7 Å². The quantitative estimate of drug-likeness (QED) is 0.627. The van der Waals surface area contributed by atoms with Crippen LogP contribution in [0.3, 0.4) is 0 Å². The molecule has 0 radical (unpaired) electrons. The summed E-state index contributed by atoms with van der Waals surface area (Å²) in [7, 11) is -4.01. The summed E-state index contributed by atoms with van der Waals surface area (Å²) in [6.45, 7) is 3.82. The second kappa shape index (κ2) is 7.91. The molecule has 5 rings (SSSR count). The number of aromatic nitrogens is 3. The van der Waals surface area contributed by atoms with Gasteiger partial charge in [0.25, 0.3) is 5.91 Å². The van der Waals surface area contributed by atoms with Gasteiger partial charge in [-0.2, -0.15) is 8.42 Å². The average molecular weight is 472 g/mol. The molecule has 4 heterocycles. The first-order valence-corrected chi connectivity index (χ1v) is 12.3. The molecule has 1 fully saturated rings. The van der Waals surface area contributed by atoms with Crippen molar-refractivity contribution in [2.45, 2.75) is 32.7 Å². The van der Waals surface area contributed by atoms with Crippen molar-refractivity contribution in [2.75, 3.05) is 19.6 Å². The van der Waals surface area contributed by atoms with Crippen molar-refractivity contribution in [1.29, 1.82) is 0 Å². The molecule has 11 heteroatoms. The van der Waals surface area contributed by atoms with E-state index in [-0.39, 0.29) is 25.4 Å². The Labute approximate surface area is 191 Å². The highest BCUT2D eigenvalue weighted by molar-refractivity contribution is 7.88. The van der Waals surface area contributed by atoms with E-state index in [2.05, 4.69) is 11.9 Å². The van der Waals surface area contributed by atoms with Crippen LogP contribution in [0.1, 0.15) is 41.4 Å². The molecule has 2 aliphatic rings. The lowest BCUT2D eigenvalue weighted by Gasteiger charge is -2.30. The van der Waals surface area contributed by atoms with Crippen LogP contribution in [0, 0.1) is 5.92 Å². The molecule has 0 aliphatic carbocycles. The van der Waals surface area contributed by atoms with Crippen molar-refractivity contribution in [3.8, 4) is 0 Å². The number of hydrogen-bond acceptors (Lipinski definition) is 5. The minimum atomic E-state index is -4.01. The predicted octanol–water partition coefficient (Wildman–Crippen LogP) is 2.39. The molecular weight excluding hydrogens is 446 g/mol. The summed E-state index contributed by atoms with van der Waals surface area (Å²) in [5.41, 5.74) is 2.05. The number of carbonyl (C=O) groups is 2. The van der Waals surface area contributed by atoms with Crippen LogP contribution in [-0.4, -0.2) is 67.9 Å². The number of rotatable bonds is 3. The Kier molecular flexibility index (Phi) is 5.15. The van der Waals surface area contributed by atoms with E-state index in [1.807, 2.05) is 4.90 Å². The molecule has 0 bridgehead atoms. The molecule has 2 aliphatic heterocycles. The van der Waals surface area contributed by atoms with Gasteiger partial charge < -0.3 is 14.9 Å². The summed E-state index contributed by atoms with van der Waals surface area (Å²) in [6, 6.07) is 5.01. The summed E-state index contributed by atoms with van der Waals surface area (Å²) in [6.07, 6.45) is 5.06. The lowest BCUT2D eigenvalue weighted by Crippen LogP contribution is -2.37. The molecule has 0 spiro atoms. The zero-order chi connectivity index (χ0) is 23.3. The molecule has 0 saturated carbocycles. The van der Waals surface area contributed by atoms with Gasteiger partial charge in [-0.05, 0) is 37.0 Å². The second-order valence-electron chi connectivity index (χ2n) is 8.75. The molecule has 1 aromatic carbocycles. The van der Waals surface area contributed by atoms with Gasteiger partial charge in [0, 0.05) is 60.7 Å². The van der Waals surface area contributed by atoms with E-state index in [0.29, 0.717) is 46.7 Å². The van der Waals surface area contributed by atoms with Crippen molar-refractivity contribution < 1.29 is 23.1 Å². The number of fused-ring (bicyclic) bond motifs is 3. The third-order valence-electron chi connectivity index (χ3n) is 6.67. The summed E-state index contributed by atoms with van der Waals surface area (Å²) < 4.78 is 29.2. The summed E-state index contributed by atoms with van der Waals surface area (Å²) in [4.78, 5) is 31.7. The van der Waals surface area contributed by atoms with E-state index in [1.54, 1.807) is 18.2 Å². The van der Waals surface area contributed by atoms with Gasteiger partial charge in [0.2, 0.25) is 0 Å². The monoisotopic (exact) mass is 471 g/mol. The summed E-state index contributed by atoms with van der Waals surface area (Å²) in [5.74, 6) is 0.502. The summed E-state index contributed by atoms with van der Waals surface area (Å²) in [5, 5.41) is 10.1. The number of imidazole rings is 1. The molecule has 2 aromatic heterocycles. The van der Waals surface area contributed by atoms with E-state index < -0.39 is 16.3 Å². The zero-order valence-electron chi connectivity index (χ0n) is 18.2. The molecular formula is C22H25N5O5S. The fourth-order valence-electron chi connectivity index (χ4n) is 4.75. The number of hydrogen-bond donors (Lipinski definition) is 1. The Morgan fingerprint density at radius 3 is 2.55 bits per heavy atom. The summed E-state index contributed by atoms with van der Waals surface area (Å²) >= 11 is 0. The largest absolute Gasteiger partial charge is 0.465 e. The van der Waals surface area contributed by atoms with E-state index >= 15 is 0 Å². The average Bonchev–Trinajstić information content (AvgIpc) is 3.45. The first kappa shape index (κ1) is 21.5. The van der Waals surface area contributed by atoms with E-state index in [4.69, 9.17) is 0 Å².